The van der Waals surface area contributed by atoms with Gasteiger partial charge in [-0.1, -0.05) is 0 Å². The predicted molar refractivity (Wildman–Crippen MR) is 40.9 cm³/mol. The van der Waals surface area contributed by atoms with Gasteiger partial charge in [-0.15, -0.1) is 0 Å². The number of aromatic nitrogens is 2. The Bertz CT molecular complexity index is 266. The van der Waals surface area contributed by atoms with Crippen LogP contribution in [0.2, 0.25) is 0 Å². The van der Waals surface area contributed by atoms with Crippen molar-refractivity contribution in [3.05, 3.63) is 18.2 Å². The van der Waals surface area contributed by atoms with Crippen LogP contribution in [0.25, 0.3) is 0 Å². The molecule has 0 radical (unpaired) electrons. The Morgan fingerprint density at radius 2 is 2.17 bits per heavy atom. The van der Waals surface area contributed by atoms with Gasteiger partial charge in [-0.2, -0.15) is 25.8 Å². The van der Waals surface area contributed by atoms with E-state index in [0.717, 1.165) is 12.5 Å². The second-order valence-corrected chi connectivity index (χ2v) is 3.08. The van der Waals surface area contributed by atoms with Gasteiger partial charge in [0.05, 0.1) is 11.7 Å². The summed E-state index contributed by atoms with van der Waals surface area (Å²) in [5, 5.41) is -0.298. The van der Waals surface area contributed by atoms with Gasteiger partial charge in [0, 0.05) is 6.20 Å². The van der Waals surface area contributed by atoms with Gasteiger partial charge in [-0.3, -0.25) is 0 Å². The first-order chi connectivity index (χ1) is 5.41. The highest BCUT2D eigenvalue weighted by atomic mass is 32.1. The van der Waals surface area contributed by atoms with Crippen LogP contribution >= 0.6 is 12.6 Å². The molecule has 0 aliphatic carbocycles. The van der Waals surface area contributed by atoms with Crippen molar-refractivity contribution < 1.29 is 13.2 Å². The van der Waals surface area contributed by atoms with Crippen LogP contribution in [0.4, 0.5) is 13.2 Å². The number of thiol groups is 1. The number of rotatable bonds is 1. The third-order valence-corrected chi connectivity index (χ3v) is 1.59. The highest BCUT2D eigenvalue weighted by molar-refractivity contribution is 7.80. The minimum atomic E-state index is -4.37. The van der Waals surface area contributed by atoms with E-state index in [9.17, 15) is 13.2 Å². The van der Waals surface area contributed by atoms with Crippen LogP contribution in [0.3, 0.4) is 0 Å². The number of nitrogens with zero attached hydrogens (tertiary/aromatic N) is 2. The maximum Gasteiger partial charge on any atom is 0.434 e. The van der Waals surface area contributed by atoms with Crippen LogP contribution in [0, 0.1) is 0 Å². The SMILES string of the molecule is CC(S)n1cnc(C(F)(F)F)c1. The molecule has 1 unspecified atom stereocenters. The highest BCUT2D eigenvalue weighted by Gasteiger charge is 2.33. The predicted octanol–water partition coefficient (Wildman–Crippen LogP) is 2.35. The maximum atomic E-state index is 12.0. The summed E-state index contributed by atoms with van der Waals surface area (Å²) in [5.41, 5.74) is -0.886. The summed E-state index contributed by atoms with van der Waals surface area (Å²) in [5.74, 6) is 0. The average molecular weight is 196 g/mol. The van der Waals surface area contributed by atoms with Crippen molar-refractivity contribution in [1.29, 1.82) is 0 Å². The average Bonchev–Trinajstić information content (AvgIpc) is 2.30. The van der Waals surface area contributed by atoms with E-state index in [1.807, 2.05) is 0 Å². The lowest BCUT2D eigenvalue weighted by molar-refractivity contribution is -0.140. The molecule has 0 N–H and O–H groups in total. The Morgan fingerprint density at radius 3 is 2.42 bits per heavy atom. The van der Waals surface area contributed by atoms with Crippen LogP contribution < -0.4 is 0 Å². The van der Waals surface area contributed by atoms with Gasteiger partial charge < -0.3 is 4.57 Å². The molecule has 0 amide bonds. The zero-order valence-electron chi connectivity index (χ0n) is 6.21. The number of halogens is 3. The fourth-order valence-corrected chi connectivity index (χ4v) is 0.814. The lowest BCUT2D eigenvalue weighted by atomic mass is 10.5. The number of hydrogen-bond acceptors (Lipinski definition) is 2. The number of imidazole rings is 1. The topological polar surface area (TPSA) is 17.8 Å². The van der Waals surface area contributed by atoms with Gasteiger partial charge >= 0.3 is 6.18 Å². The molecule has 1 aromatic rings. The van der Waals surface area contributed by atoms with E-state index in [1.165, 1.54) is 4.57 Å². The third kappa shape index (κ3) is 1.94. The van der Waals surface area contributed by atoms with Crippen LogP contribution in [0.5, 0.6) is 0 Å². The monoisotopic (exact) mass is 196 g/mol. The molecule has 0 spiro atoms. The van der Waals surface area contributed by atoms with Gasteiger partial charge in [0.15, 0.2) is 5.69 Å². The first-order valence-electron chi connectivity index (χ1n) is 3.20. The summed E-state index contributed by atoms with van der Waals surface area (Å²) in [7, 11) is 0. The van der Waals surface area contributed by atoms with Crippen molar-refractivity contribution in [3.8, 4) is 0 Å². The zero-order valence-corrected chi connectivity index (χ0v) is 7.10. The lowest BCUT2D eigenvalue weighted by Crippen LogP contribution is -2.05. The molecule has 1 heterocycles. The molecule has 0 aromatic carbocycles. The van der Waals surface area contributed by atoms with Gasteiger partial charge in [-0.25, -0.2) is 4.98 Å². The number of hydrogen-bond donors (Lipinski definition) is 1. The maximum absolute atomic E-state index is 12.0. The first kappa shape index (κ1) is 9.44. The quantitative estimate of drug-likeness (QED) is 0.682. The second kappa shape index (κ2) is 3.01. The molecule has 1 rings (SSSR count). The molecule has 6 heteroatoms. The standard InChI is InChI=1S/C6H7F3N2S/c1-4(12)11-2-5(10-3-11)6(7,8)9/h2-4,12H,1H3. The number of alkyl halides is 3. The van der Waals surface area contributed by atoms with Crippen molar-refractivity contribution in [2.24, 2.45) is 0 Å². The lowest BCUT2D eigenvalue weighted by Gasteiger charge is -2.03. The second-order valence-electron chi connectivity index (χ2n) is 2.34. The zero-order chi connectivity index (χ0) is 9.35. The Hall–Kier alpha value is -0.650. The molecule has 1 atom stereocenters. The third-order valence-electron chi connectivity index (χ3n) is 1.32. The van der Waals surface area contributed by atoms with Gasteiger partial charge in [0.1, 0.15) is 0 Å². The summed E-state index contributed by atoms with van der Waals surface area (Å²) >= 11 is 3.95. The van der Waals surface area contributed by atoms with Crippen molar-refractivity contribution >= 4 is 12.6 Å². The van der Waals surface area contributed by atoms with Crippen molar-refractivity contribution in [1.82, 2.24) is 9.55 Å². The van der Waals surface area contributed by atoms with E-state index in [4.69, 9.17) is 0 Å². The van der Waals surface area contributed by atoms with Crippen LogP contribution in [-0.2, 0) is 6.18 Å². The summed E-state index contributed by atoms with van der Waals surface area (Å²) < 4.78 is 37.2. The van der Waals surface area contributed by atoms with E-state index in [0.29, 0.717) is 0 Å². The fraction of sp³-hybridized carbons (Fsp3) is 0.500. The van der Waals surface area contributed by atoms with Gasteiger partial charge in [-0.05, 0) is 6.92 Å². The molecule has 1 aromatic heterocycles. The van der Waals surface area contributed by atoms with E-state index in [-0.39, 0.29) is 5.37 Å². The molecule has 0 saturated carbocycles. The summed E-state index contributed by atoms with van der Waals surface area (Å²) in [6.45, 7) is 1.66. The van der Waals surface area contributed by atoms with E-state index in [1.54, 1.807) is 6.92 Å². The molecule has 0 bridgehead atoms. The van der Waals surface area contributed by atoms with Crippen LogP contribution in [0.1, 0.15) is 18.0 Å². The molecule has 68 valence electrons. The molecular formula is C6H7F3N2S. The molecule has 2 nitrogen and oxygen atoms in total. The molecular weight excluding hydrogens is 189 g/mol. The Kier molecular flexibility index (Phi) is 2.36. The van der Waals surface area contributed by atoms with Crippen LogP contribution in [0.15, 0.2) is 12.5 Å². The van der Waals surface area contributed by atoms with Crippen molar-refractivity contribution in [2.75, 3.05) is 0 Å². The summed E-state index contributed by atoms with van der Waals surface area (Å²) in [4.78, 5) is 3.20. The minimum absolute atomic E-state index is 0.298. The van der Waals surface area contributed by atoms with E-state index < -0.39 is 11.9 Å². The fourth-order valence-electron chi connectivity index (χ4n) is 0.687. The van der Waals surface area contributed by atoms with E-state index in [2.05, 4.69) is 17.6 Å². The normalized spacial score (nSPS) is 14.8. The highest BCUT2D eigenvalue weighted by Crippen LogP contribution is 2.28. The Morgan fingerprint density at radius 1 is 1.58 bits per heavy atom. The molecule has 12 heavy (non-hydrogen) atoms. The van der Waals surface area contributed by atoms with Gasteiger partial charge in [0.2, 0.25) is 0 Å². The minimum Gasteiger partial charge on any atom is -0.325 e. The Balaban J connectivity index is 2.92. The Labute approximate surface area is 72.8 Å². The molecule has 0 aliphatic rings. The molecule has 0 aliphatic heterocycles. The van der Waals surface area contributed by atoms with E-state index >= 15 is 0 Å². The smallest absolute Gasteiger partial charge is 0.325 e. The van der Waals surface area contributed by atoms with Gasteiger partial charge in [0.25, 0.3) is 0 Å². The summed E-state index contributed by atoms with van der Waals surface area (Å²) in [6.07, 6.45) is -2.33. The van der Waals surface area contributed by atoms with Crippen molar-refractivity contribution in [3.63, 3.8) is 0 Å². The molecule has 0 fully saturated rings. The molecule has 0 saturated heterocycles. The van der Waals surface area contributed by atoms with Crippen LogP contribution in [-0.4, -0.2) is 9.55 Å². The first-order valence-corrected chi connectivity index (χ1v) is 3.71. The van der Waals surface area contributed by atoms with Crippen molar-refractivity contribution in [2.45, 2.75) is 18.5 Å². The largest absolute Gasteiger partial charge is 0.434 e. The summed E-state index contributed by atoms with van der Waals surface area (Å²) in [6, 6.07) is 0.